The average molecular weight is 366 g/mol. The summed E-state index contributed by atoms with van der Waals surface area (Å²) >= 11 is 0. The van der Waals surface area contributed by atoms with Crippen molar-refractivity contribution >= 4 is 17.8 Å². The van der Waals surface area contributed by atoms with Crippen LogP contribution in [0, 0.1) is 18.8 Å². The van der Waals surface area contributed by atoms with E-state index in [1.54, 1.807) is 31.2 Å². The fourth-order valence-electron chi connectivity index (χ4n) is 3.74. The Morgan fingerprint density at radius 2 is 1.67 bits per heavy atom. The first-order valence-electron chi connectivity index (χ1n) is 8.48. The molecule has 2 aromatic rings. The van der Waals surface area contributed by atoms with E-state index in [-0.39, 0.29) is 5.69 Å². The minimum Gasteiger partial charge on any atom is -0.365 e. The number of fused-ring (bicyclic) bond motifs is 5. The van der Waals surface area contributed by atoms with Crippen molar-refractivity contribution < 1.29 is 24.0 Å². The van der Waals surface area contributed by atoms with Crippen molar-refractivity contribution in [3.63, 3.8) is 0 Å². The van der Waals surface area contributed by atoms with Gasteiger partial charge in [0.05, 0.1) is 35.4 Å². The second-order valence-corrected chi connectivity index (χ2v) is 6.61. The number of ether oxygens (including phenoxy) is 1. The zero-order chi connectivity index (χ0) is 18.7. The Balaban J connectivity index is 1.38. The molecule has 3 aliphatic heterocycles. The molecule has 5 rings (SSSR count). The van der Waals surface area contributed by atoms with Crippen LogP contribution < -0.4 is 0 Å². The van der Waals surface area contributed by atoms with Gasteiger partial charge >= 0.3 is 5.97 Å². The lowest BCUT2D eigenvalue weighted by Gasteiger charge is -2.15. The van der Waals surface area contributed by atoms with Crippen LogP contribution in [0.15, 0.2) is 42.5 Å². The molecule has 2 fully saturated rings. The maximum atomic E-state index is 12.5. The Labute approximate surface area is 153 Å². The molecular formula is C18H14N4O5. The van der Waals surface area contributed by atoms with Crippen LogP contribution in [0.4, 0.5) is 0 Å². The zero-order valence-corrected chi connectivity index (χ0v) is 14.2. The molecule has 2 saturated heterocycles. The van der Waals surface area contributed by atoms with Gasteiger partial charge in [-0.3, -0.25) is 9.59 Å². The second kappa shape index (κ2) is 5.58. The van der Waals surface area contributed by atoms with Crippen LogP contribution in [-0.4, -0.2) is 50.0 Å². The van der Waals surface area contributed by atoms with Crippen molar-refractivity contribution in [2.24, 2.45) is 11.8 Å². The molecule has 9 nitrogen and oxygen atoms in total. The number of aromatic nitrogens is 3. The number of aryl methyl sites for hydroxylation is 1. The SMILES string of the molecule is Cc1nn(-c2ccccc2)nc1C(=O)ON1C(=O)[C@@H]2[C@@H](C1=O)[C@H]1C=C[C@@H]2O1. The van der Waals surface area contributed by atoms with Gasteiger partial charge in [-0.25, -0.2) is 4.79 Å². The van der Waals surface area contributed by atoms with Crippen molar-refractivity contribution in [2.75, 3.05) is 0 Å². The van der Waals surface area contributed by atoms with Crippen LogP contribution in [0.2, 0.25) is 0 Å². The summed E-state index contributed by atoms with van der Waals surface area (Å²) in [5.41, 5.74) is 0.935. The molecule has 1 aromatic heterocycles. The molecule has 0 saturated carbocycles. The average Bonchev–Trinajstić information content (AvgIpc) is 3.43. The summed E-state index contributed by atoms with van der Waals surface area (Å²) in [6.07, 6.45) is 2.64. The van der Waals surface area contributed by atoms with E-state index in [1.807, 2.05) is 18.2 Å². The highest BCUT2D eigenvalue weighted by molar-refractivity contribution is 6.07. The fraction of sp³-hybridized carbons (Fsp3) is 0.278. The number of hydrogen-bond donors (Lipinski definition) is 0. The monoisotopic (exact) mass is 366 g/mol. The number of carbonyl (C=O) groups excluding carboxylic acids is 3. The van der Waals surface area contributed by atoms with Crippen molar-refractivity contribution in [3.05, 3.63) is 53.9 Å². The standard InChI is InChI=1S/C18H14N4O5/c1-9-15(20-22(19-9)10-5-3-2-4-6-10)18(25)27-21-16(23)13-11-7-8-12(26-11)14(13)17(21)24/h2-8,11-14H,1H3/t11-,12+,13-,14-/m0/s1. The lowest BCUT2D eigenvalue weighted by molar-refractivity contribution is -0.177. The first kappa shape index (κ1) is 15.9. The van der Waals surface area contributed by atoms with Crippen molar-refractivity contribution in [1.82, 2.24) is 20.1 Å². The van der Waals surface area contributed by atoms with E-state index in [2.05, 4.69) is 10.2 Å². The highest BCUT2D eigenvalue weighted by Gasteiger charge is 2.62. The smallest absolute Gasteiger partial charge is 0.365 e. The number of nitrogens with zero attached hydrogens (tertiary/aromatic N) is 4. The third-order valence-corrected chi connectivity index (χ3v) is 5.01. The van der Waals surface area contributed by atoms with Gasteiger partial charge in [0, 0.05) is 0 Å². The van der Waals surface area contributed by atoms with Gasteiger partial charge in [0.2, 0.25) is 0 Å². The normalized spacial score (nSPS) is 28.1. The summed E-state index contributed by atoms with van der Waals surface area (Å²) in [6.45, 7) is 1.60. The topological polar surface area (TPSA) is 104 Å². The van der Waals surface area contributed by atoms with Gasteiger partial charge in [-0.1, -0.05) is 30.4 Å². The van der Waals surface area contributed by atoms with Gasteiger partial charge in [0.25, 0.3) is 11.8 Å². The van der Waals surface area contributed by atoms with E-state index < -0.39 is 41.8 Å². The molecule has 0 aliphatic carbocycles. The highest BCUT2D eigenvalue weighted by Crippen LogP contribution is 2.45. The summed E-state index contributed by atoms with van der Waals surface area (Å²) in [7, 11) is 0. The van der Waals surface area contributed by atoms with Crippen molar-refractivity contribution in [2.45, 2.75) is 19.1 Å². The van der Waals surface area contributed by atoms with Gasteiger partial charge in [-0.15, -0.1) is 10.2 Å². The van der Waals surface area contributed by atoms with Crippen LogP contribution in [0.25, 0.3) is 5.69 Å². The van der Waals surface area contributed by atoms with Gasteiger partial charge in [0.1, 0.15) is 0 Å². The van der Waals surface area contributed by atoms with Crippen LogP contribution in [0.3, 0.4) is 0 Å². The molecule has 0 spiro atoms. The van der Waals surface area contributed by atoms with Crippen molar-refractivity contribution in [1.29, 1.82) is 0 Å². The molecule has 4 heterocycles. The van der Waals surface area contributed by atoms with E-state index in [9.17, 15) is 14.4 Å². The summed E-state index contributed by atoms with van der Waals surface area (Å²) in [5.74, 6) is -3.31. The molecule has 0 N–H and O–H groups in total. The van der Waals surface area contributed by atoms with Crippen LogP contribution in [-0.2, 0) is 19.2 Å². The van der Waals surface area contributed by atoms with E-state index >= 15 is 0 Å². The van der Waals surface area contributed by atoms with Gasteiger partial charge < -0.3 is 9.57 Å². The Kier molecular flexibility index (Phi) is 3.28. The number of carbonyl (C=O) groups is 3. The Morgan fingerprint density at radius 1 is 1.04 bits per heavy atom. The molecule has 3 aliphatic rings. The van der Waals surface area contributed by atoms with E-state index in [4.69, 9.17) is 9.57 Å². The van der Waals surface area contributed by atoms with Crippen LogP contribution >= 0.6 is 0 Å². The zero-order valence-electron chi connectivity index (χ0n) is 14.2. The lowest BCUT2D eigenvalue weighted by Crippen LogP contribution is -2.36. The Bertz CT molecular complexity index is 968. The maximum absolute atomic E-state index is 12.5. The van der Waals surface area contributed by atoms with Gasteiger partial charge in [-0.2, -0.15) is 9.90 Å². The molecule has 1 aromatic carbocycles. The van der Waals surface area contributed by atoms with Crippen LogP contribution in [0.5, 0.6) is 0 Å². The number of hydrogen-bond acceptors (Lipinski definition) is 7. The number of benzene rings is 1. The first-order valence-corrected chi connectivity index (χ1v) is 8.48. The molecule has 2 amide bonds. The highest BCUT2D eigenvalue weighted by atomic mass is 16.7. The second-order valence-electron chi connectivity index (χ2n) is 6.61. The molecule has 136 valence electrons. The lowest BCUT2D eigenvalue weighted by atomic mass is 9.85. The largest absolute Gasteiger partial charge is 0.385 e. The minimum absolute atomic E-state index is 0.0612. The maximum Gasteiger partial charge on any atom is 0.385 e. The quantitative estimate of drug-likeness (QED) is 0.578. The summed E-state index contributed by atoms with van der Waals surface area (Å²) < 4.78 is 5.54. The number of para-hydroxylation sites is 1. The molecule has 4 atom stereocenters. The molecule has 9 heteroatoms. The Morgan fingerprint density at radius 3 is 2.30 bits per heavy atom. The number of amides is 2. The Hall–Kier alpha value is -3.33. The third-order valence-electron chi connectivity index (χ3n) is 5.01. The fourth-order valence-corrected chi connectivity index (χ4v) is 3.74. The van der Waals surface area contributed by atoms with E-state index in [1.165, 1.54) is 4.80 Å². The first-order chi connectivity index (χ1) is 13.0. The van der Waals surface area contributed by atoms with Crippen LogP contribution in [0.1, 0.15) is 16.2 Å². The summed E-state index contributed by atoms with van der Waals surface area (Å²) in [6, 6.07) is 9.05. The molecule has 27 heavy (non-hydrogen) atoms. The summed E-state index contributed by atoms with van der Waals surface area (Å²) in [4.78, 5) is 44.0. The molecule has 2 bridgehead atoms. The number of hydroxylamine groups is 2. The summed E-state index contributed by atoms with van der Waals surface area (Å²) in [5, 5.41) is 8.87. The molecule has 0 radical (unpaired) electrons. The molecule has 0 unspecified atom stereocenters. The molecular weight excluding hydrogens is 352 g/mol. The number of rotatable bonds is 3. The predicted molar refractivity (Wildman–Crippen MR) is 88.1 cm³/mol. The van der Waals surface area contributed by atoms with E-state index in [0.717, 1.165) is 0 Å². The third kappa shape index (κ3) is 2.25. The number of imide groups is 1. The van der Waals surface area contributed by atoms with Gasteiger partial charge in [0.15, 0.2) is 5.69 Å². The predicted octanol–water partition coefficient (Wildman–Crippen LogP) is 0.586. The van der Waals surface area contributed by atoms with E-state index in [0.29, 0.717) is 16.4 Å². The van der Waals surface area contributed by atoms with Crippen molar-refractivity contribution in [3.8, 4) is 5.69 Å². The minimum atomic E-state index is -0.905. The van der Waals surface area contributed by atoms with Gasteiger partial charge in [-0.05, 0) is 19.1 Å².